The Hall–Kier alpha value is -4.12. The number of hydrogen-bond acceptors (Lipinski definition) is 8. The van der Waals surface area contributed by atoms with Crippen LogP contribution in [0.15, 0.2) is 71.9 Å². The van der Waals surface area contributed by atoms with Crippen LogP contribution in [-0.4, -0.2) is 42.4 Å². The molecular weight excluding hydrogens is 446 g/mol. The number of nitrogens with zero attached hydrogens (tertiary/aromatic N) is 4. The van der Waals surface area contributed by atoms with E-state index in [0.29, 0.717) is 34.6 Å². The van der Waals surface area contributed by atoms with Crippen molar-refractivity contribution < 1.29 is 22.6 Å². The van der Waals surface area contributed by atoms with Crippen molar-refractivity contribution in [3.05, 3.63) is 72.8 Å². The second kappa shape index (κ2) is 9.17. The molecule has 2 aromatic carbocycles. The Morgan fingerprint density at radius 3 is 2.27 bits per heavy atom. The van der Waals surface area contributed by atoms with Crippen LogP contribution in [0.2, 0.25) is 0 Å². The smallest absolute Gasteiger partial charge is 0.262 e. The van der Waals surface area contributed by atoms with Crippen LogP contribution >= 0.6 is 0 Å². The van der Waals surface area contributed by atoms with Gasteiger partial charge >= 0.3 is 0 Å². The Morgan fingerprint density at radius 1 is 0.909 bits per heavy atom. The third-order valence-electron chi connectivity index (χ3n) is 4.69. The number of nitrogens with one attached hydrogen (secondary N) is 1. The number of rotatable bonds is 8. The first-order valence-electron chi connectivity index (χ1n) is 9.76. The minimum Gasteiger partial charge on any atom is -0.493 e. The molecule has 4 rings (SSSR count). The molecule has 2 heterocycles. The Labute approximate surface area is 190 Å². The van der Waals surface area contributed by atoms with E-state index in [9.17, 15) is 8.42 Å². The predicted molar refractivity (Wildman–Crippen MR) is 121 cm³/mol. The molecule has 170 valence electrons. The van der Waals surface area contributed by atoms with Crippen molar-refractivity contribution in [3.8, 4) is 28.9 Å². The number of sulfonamides is 1. The third kappa shape index (κ3) is 4.88. The lowest BCUT2D eigenvalue weighted by molar-refractivity contribution is 0.354. The molecule has 0 aliphatic carbocycles. The summed E-state index contributed by atoms with van der Waals surface area (Å²) in [6.45, 7) is 1.87. The van der Waals surface area contributed by atoms with Crippen molar-refractivity contribution in [2.45, 2.75) is 11.8 Å². The lowest BCUT2D eigenvalue weighted by Crippen LogP contribution is -2.13. The van der Waals surface area contributed by atoms with Crippen molar-refractivity contribution in [2.75, 3.05) is 18.9 Å². The maximum absolute atomic E-state index is 12.7. The number of aryl methyl sites for hydroxylation is 1. The van der Waals surface area contributed by atoms with Gasteiger partial charge in [-0.25, -0.2) is 13.4 Å². The number of methoxy groups -OCH3 is 2. The van der Waals surface area contributed by atoms with Crippen LogP contribution in [-0.2, 0) is 10.0 Å². The molecule has 0 aliphatic rings. The topological polar surface area (TPSA) is 117 Å². The largest absolute Gasteiger partial charge is 0.493 e. The van der Waals surface area contributed by atoms with Crippen LogP contribution in [0.25, 0.3) is 5.82 Å². The lowest BCUT2D eigenvalue weighted by atomic mass is 10.3. The summed E-state index contributed by atoms with van der Waals surface area (Å²) in [7, 11) is -0.906. The van der Waals surface area contributed by atoms with Crippen LogP contribution < -0.4 is 18.9 Å². The standard InChI is InChI=1S/C22H21N5O5S/c1-15-23-12-13-27(15)21-10-11-22(25-24-21)32-17-6-4-16(5-7-17)26-33(28,29)18-8-9-19(30-2)20(14-18)31-3/h4-14,26H,1-3H3. The van der Waals surface area contributed by atoms with E-state index in [2.05, 4.69) is 19.9 Å². The summed E-state index contributed by atoms with van der Waals surface area (Å²) in [6.07, 6.45) is 3.48. The molecule has 0 radical (unpaired) electrons. The molecule has 0 bridgehead atoms. The molecule has 4 aromatic rings. The number of benzene rings is 2. The van der Waals surface area contributed by atoms with Crippen molar-refractivity contribution in [1.29, 1.82) is 0 Å². The fourth-order valence-corrected chi connectivity index (χ4v) is 4.10. The highest BCUT2D eigenvalue weighted by Gasteiger charge is 2.17. The number of ether oxygens (including phenoxy) is 3. The van der Waals surface area contributed by atoms with Gasteiger partial charge in [-0.3, -0.25) is 9.29 Å². The summed E-state index contributed by atoms with van der Waals surface area (Å²) in [5.74, 6) is 2.95. The highest BCUT2D eigenvalue weighted by Crippen LogP contribution is 2.30. The summed E-state index contributed by atoms with van der Waals surface area (Å²) in [4.78, 5) is 4.20. The van der Waals surface area contributed by atoms with Gasteiger partial charge in [0.05, 0.1) is 19.1 Å². The molecule has 33 heavy (non-hydrogen) atoms. The molecule has 2 aromatic heterocycles. The average molecular weight is 468 g/mol. The fraction of sp³-hybridized carbons (Fsp3) is 0.136. The predicted octanol–water partition coefficient (Wildman–Crippen LogP) is 3.58. The van der Waals surface area contributed by atoms with Crippen LogP contribution in [0.3, 0.4) is 0 Å². The maximum Gasteiger partial charge on any atom is 0.262 e. The number of aromatic nitrogens is 4. The molecule has 0 unspecified atom stereocenters. The van der Waals surface area contributed by atoms with E-state index < -0.39 is 10.0 Å². The Morgan fingerprint density at radius 2 is 1.67 bits per heavy atom. The molecular formula is C22H21N5O5S. The Balaban J connectivity index is 1.44. The highest BCUT2D eigenvalue weighted by molar-refractivity contribution is 7.92. The first-order valence-corrected chi connectivity index (χ1v) is 11.2. The van der Waals surface area contributed by atoms with Gasteiger partial charge in [0.25, 0.3) is 10.0 Å². The number of hydrogen-bond donors (Lipinski definition) is 1. The third-order valence-corrected chi connectivity index (χ3v) is 6.07. The molecule has 0 atom stereocenters. The van der Waals surface area contributed by atoms with E-state index >= 15 is 0 Å². The van der Waals surface area contributed by atoms with Gasteiger partial charge in [-0.2, -0.15) is 0 Å². The quantitative estimate of drug-likeness (QED) is 0.418. The highest BCUT2D eigenvalue weighted by atomic mass is 32.2. The van der Waals surface area contributed by atoms with Crippen LogP contribution in [0, 0.1) is 6.92 Å². The Bertz CT molecular complexity index is 1350. The first-order chi connectivity index (χ1) is 15.9. The van der Waals surface area contributed by atoms with E-state index in [1.807, 2.05) is 6.92 Å². The summed E-state index contributed by atoms with van der Waals surface area (Å²) in [5, 5.41) is 8.21. The summed E-state index contributed by atoms with van der Waals surface area (Å²) in [5.41, 5.74) is 0.370. The zero-order chi connectivity index (χ0) is 23.4. The molecule has 0 spiro atoms. The summed E-state index contributed by atoms with van der Waals surface area (Å²) >= 11 is 0. The van der Waals surface area contributed by atoms with E-state index in [1.165, 1.54) is 32.4 Å². The van der Waals surface area contributed by atoms with E-state index in [4.69, 9.17) is 14.2 Å². The lowest BCUT2D eigenvalue weighted by Gasteiger charge is -2.12. The van der Waals surface area contributed by atoms with E-state index in [0.717, 1.165) is 5.82 Å². The molecule has 0 amide bonds. The van der Waals surface area contributed by atoms with Gasteiger partial charge in [0.15, 0.2) is 17.3 Å². The van der Waals surface area contributed by atoms with Crippen LogP contribution in [0.5, 0.6) is 23.1 Å². The molecule has 10 nitrogen and oxygen atoms in total. The normalized spacial score (nSPS) is 11.1. The summed E-state index contributed by atoms with van der Waals surface area (Å²) < 4.78 is 45.8. The average Bonchev–Trinajstić information content (AvgIpc) is 3.26. The minimum absolute atomic E-state index is 0.0453. The second-order valence-corrected chi connectivity index (χ2v) is 8.51. The van der Waals surface area contributed by atoms with Crippen LogP contribution in [0.4, 0.5) is 5.69 Å². The minimum atomic E-state index is -3.83. The zero-order valence-electron chi connectivity index (χ0n) is 18.1. The first kappa shape index (κ1) is 22.1. The fourth-order valence-electron chi connectivity index (χ4n) is 3.03. The van der Waals surface area contributed by atoms with Gasteiger partial charge < -0.3 is 14.2 Å². The van der Waals surface area contributed by atoms with Crippen LogP contribution in [0.1, 0.15) is 5.82 Å². The van der Waals surface area contributed by atoms with Crippen molar-refractivity contribution in [3.63, 3.8) is 0 Å². The maximum atomic E-state index is 12.7. The molecule has 11 heteroatoms. The van der Waals surface area contributed by atoms with Gasteiger partial charge in [-0.05, 0) is 49.4 Å². The van der Waals surface area contributed by atoms with Gasteiger partial charge in [0, 0.05) is 30.2 Å². The van der Waals surface area contributed by atoms with E-state index in [1.54, 1.807) is 53.4 Å². The number of imidazole rings is 1. The zero-order valence-corrected chi connectivity index (χ0v) is 18.9. The molecule has 0 aliphatic heterocycles. The van der Waals surface area contributed by atoms with Gasteiger partial charge in [-0.1, -0.05) is 0 Å². The molecule has 0 fully saturated rings. The van der Waals surface area contributed by atoms with Crippen molar-refractivity contribution in [1.82, 2.24) is 19.7 Å². The van der Waals surface area contributed by atoms with E-state index in [-0.39, 0.29) is 4.90 Å². The van der Waals surface area contributed by atoms with Gasteiger partial charge in [-0.15, -0.1) is 10.2 Å². The van der Waals surface area contributed by atoms with Gasteiger partial charge in [0.2, 0.25) is 5.88 Å². The van der Waals surface area contributed by atoms with Crippen molar-refractivity contribution >= 4 is 15.7 Å². The molecule has 1 N–H and O–H groups in total. The molecule has 0 saturated heterocycles. The second-order valence-electron chi connectivity index (χ2n) is 6.82. The molecule has 0 saturated carbocycles. The SMILES string of the molecule is COc1ccc(S(=O)(=O)Nc2ccc(Oc3ccc(-n4ccnc4C)nn3)cc2)cc1OC. The monoisotopic (exact) mass is 467 g/mol. The van der Waals surface area contributed by atoms with Crippen molar-refractivity contribution in [2.24, 2.45) is 0 Å². The van der Waals surface area contributed by atoms with Gasteiger partial charge in [0.1, 0.15) is 11.6 Å². The Kier molecular flexibility index (Phi) is 6.13. The summed E-state index contributed by atoms with van der Waals surface area (Å²) in [6, 6.07) is 14.3. The number of anilines is 1.